The molecule has 0 amide bonds. The molecule has 0 N–H and O–H groups in total. The Morgan fingerprint density at radius 2 is 1.04 bits per heavy atom. The quantitative estimate of drug-likeness (QED) is 0.439. The third-order valence-corrected chi connectivity index (χ3v) is 4.81. The van der Waals surface area contributed by atoms with Crippen LogP contribution in [0.5, 0.6) is 0 Å². The van der Waals surface area contributed by atoms with E-state index in [1.807, 2.05) is 24.3 Å². The Kier molecular flexibility index (Phi) is 3.68. The second kappa shape index (κ2) is 6.34. The molecule has 0 fully saturated rings. The highest BCUT2D eigenvalue weighted by molar-refractivity contribution is 6.07. The van der Waals surface area contributed by atoms with E-state index in [9.17, 15) is 0 Å². The summed E-state index contributed by atoms with van der Waals surface area (Å²) in [5.74, 6) is 0.949. The van der Waals surface area contributed by atoms with Crippen LogP contribution < -0.4 is 0 Å². The van der Waals surface area contributed by atoms with Crippen molar-refractivity contribution in [2.24, 2.45) is 0 Å². The summed E-state index contributed by atoms with van der Waals surface area (Å²) in [7, 11) is 0. The van der Waals surface area contributed by atoms with Gasteiger partial charge in [0.15, 0.2) is 11.6 Å². The van der Waals surface area contributed by atoms with Crippen molar-refractivity contribution in [3.05, 3.63) is 60.2 Å². The van der Waals surface area contributed by atoms with Crippen LogP contribution in [0.3, 0.4) is 0 Å². The molecule has 0 aliphatic carbocycles. The van der Waals surface area contributed by atoms with Crippen molar-refractivity contribution in [3.8, 4) is 23.0 Å². The maximum atomic E-state index is 4.83. The lowest BCUT2D eigenvalue weighted by molar-refractivity contribution is 0.971. The largest absolute Gasteiger partial charge is 0.242 e. The molecule has 0 spiro atoms. The predicted octanol–water partition coefficient (Wildman–Crippen LogP) is 3.10. The zero-order valence-corrected chi connectivity index (χ0v) is 15.2. The number of benzene rings is 1. The number of fused-ring (bicyclic) bond motifs is 3. The van der Waals surface area contributed by atoms with E-state index in [1.54, 1.807) is 12.4 Å². The van der Waals surface area contributed by atoms with Gasteiger partial charge in [-0.05, 0) is 37.1 Å². The van der Waals surface area contributed by atoms with Gasteiger partial charge in [0.1, 0.15) is 11.4 Å². The lowest BCUT2D eigenvalue weighted by Crippen LogP contribution is -1.99. The van der Waals surface area contributed by atoms with E-state index < -0.39 is 0 Å². The standard InChI is InChI=1S/C20H14N8/c1-11-12(2)14-4-6-16(20-22-8-10-24-28-20)26-18(14)17-13(11)3-5-15(25-17)19-21-7-9-23-27-19/h3-10H,1-2H3. The molecule has 8 heteroatoms. The van der Waals surface area contributed by atoms with E-state index in [2.05, 4.69) is 44.2 Å². The fourth-order valence-electron chi connectivity index (χ4n) is 3.27. The van der Waals surface area contributed by atoms with Crippen molar-refractivity contribution in [2.75, 3.05) is 0 Å². The van der Waals surface area contributed by atoms with Crippen molar-refractivity contribution in [1.82, 2.24) is 40.3 Å². The molecule has 1 aromatic carbocycles. The molecular weight excluding hydrogens is 352 g/mol. The highest BCUT2D eigenvalue weighted by Crippen LogP contribution is 2.32. The molecule has 28 heavy (non-hydrogen) atoms. The topological polar surface area (TPSA) is 103 Å². The summed E-state index contributed by atoms with van der Waals surface area (Å²) >= 11 is 0. The molecule has 0 saturated carbocycles. The average molecular weight is 366 g/mol. The van der Waals surface area contributed by atoms with Gasteiger partial charge in [-0.25, -0.2) is 19.9 Å². The maximum Gasteiger partial charge on any atom is 0.200 e. The summed E-state index contributed by atoms with van der Waals surface area (Å²) in [5, 5.41) is 18.0. The first kappa shape index (κ1) is 16.2. The minimum absolute atomic E-state index is 0.475. The smallest absolute Gasteiger partial charge is 0.200 e. The van der Waals surface area contributed by atoms with Crippen LogP contribution in [0.1, 0.15) is 11.1 Å². The first-order chi connectivity index (χ1) is 13.7. The molecule has 0 aliphatic heterocycles. The van der Waals surface area contributed by atoms with E-state index in [1.165, 1.54) is 23.5 Å². The number of hydrogen-bond acceptors (Lipinski definition) is 8. The minimum atomic E-state index is 0.475. The molecule has 5 rings (SSSR count). The third-order valence-electron chi connectivity index (χ3n) is 4.81. The van der Waals surface area contributed by atoms with Crippen LogP contribution in [0.25, 0.3) is 44.8 Å². The maximum absolute atomic E-state index is 4.83. The summed E-state index contributed by atoms with van der Waals surface area (Å²) in [4.78, 5) is 18.2. The molecule has 0 aliphatic rings. The molecule has 5 aromatic rings. The van der Waals surface area contributed by atoms with Crippen LogP contribution in [0.2, 0.25) is 0 Å². The van der Waals surface area contributed by atoms with Crippen molar-refractivity contribution in [1.29, 1.82) is 0 Å². The summed E-state index contributed by atoms with van der Waals surface area (Å²) < 4.78 is 0. The van der Waals surface area contributed by atoms with Gasteiger partial charge in [-0.3, -0.25) is 0 Å². The van der Waals surface area contributed by atoms with E-state index in [4.69, 9.17) is 9.97 Å². The highest BCUT2D eigenvalue weighted by atomic mass is 15.2. The lowest BCUT2D eigenvalue weighted by Gasteiger charge is -2.12. The monoisotopic (exact) mass is 366 g/mol. The number of aryl methyl sites for hydroxylation is 2. The van der Waals surface area contributed by atoms with Crippen molar-refractivity contribution >= 4 is 21.8 Å². The number of pyridine rings is 2. The molecular formula is C20H14N8. The van der Waals surface area contributed by atoms with Crippen LogP contribution in [-0.4, -0.2) is 40.3 Å². The van der Waals surface area contributed by atoms with Crippen LogP contribution in [0.4, 0.5) is 0 Å². The zero-order chi connectivity index (χ0) is 19.1. The SMILES string of the molecule is Cc1c(C)c2ccc(-c3nccnn3)nc2c2nc(-c3nccnn3)ccc12. The van der Waals surface area contributed by atoms with Gasteiger partial charge in [-0.2, -0.15) is 10.2 Å². The normalized spacial score (nSPS) is 11.2. The molecule has 0 bridgehead atoms. The van der Waals surface area contributed by atoms with Crippen molar-refractivity contribution in [3.63, 3.8) is 0 Å². The Morgan fingerprint density at radius 3 is 1.43 bits per heavy atom. The van der Waals surface area contributed by atoms with Crippen LogP contribution in [0, 0.1) is 13.8 Å². The van der Waals surface area contributed by atoms with E-state index in [0.717, 1.165) is 21.8 Å². The average Bonchev–Trinajstić information content (AvgIpc) is 2.78. The Hall–Kier alpha value is -3.94. The predicted molar refractivity (Wildman–Crippen MR) is 104 cm³/mol. The second-order valence-electron chi connectivity index (χ2n) is 6.37. The Morgan fingerprint density at radius 1 is 0.571 bits per heavy atom. The van der Waals surface area contributed by atoms with Gasteiger partial charge >= 0.3 is 0 Å². The van der Waals surface area contributed by atoms with E-state index in [-0.39, 0.29) is 0 Å². The summed E-state index contributed by atoms with van der Waals surface area (Å²) in [6, 6.07) is 7.88. The second-order valence-corrected chi connectivity index (χ2v) is 6.37. The summed E-state index contributed by atoms with van der Waals surface area (Å²) in [5.41, 5.74) is 5.20. The number of rotatable bonds is 2. The summed E-state index contributed by atoms with van der Waals surface area (Å²) in [6.07, 6.45) is 6.27. The van der Waals surface area contributed by atoms with Gasteiger partial charge in [0.25, 0.3) is 0 Å². The Balaban J connectivity index is 1.84. The molecule has 0 radical (unpaired) electrons. The Labute approximate surface area is 159 Å². The van der Waals surface area contributed by atoms with Crippen molar-refractivity contribution < 1.29 is 0 Å². The fraction of sp³-hybridized carbons (Fsp3) is 0.100. The number of hydrogen-bond donors (Lipinski definition) is 0. The van der Waals surface area contributed by atoms with Gasteiger partial charge in [0.05, 0.1) is 23.4 Å². The number of nitrogens with zero attached hydrogens (tertiary/aromatic N) is 8. The van der Waals surface area contributed by atoms with E-state index in [0.29, 0.717) is 23.0 Å². The van der Waals surface area contributed by atoms with Gasteiger partial charge in [0.2, 0.25) is 0 Å². The van der Waals surface area contributed by atoms with Gasteiger partial charge in [-0.15, -0.1) is 10.2 Å². The van der Waals surface area contributed by atoms with Crippen molar-refractivity contribution in [2.45, 2.75) is 13.8 Å². The summed E-state index contributed by atoms with van der Waals surface area (Å²) in [6.45, 7) is 4.19. The highest BCUT2D eigenvalue weighted by Gasteiger charge is 2.15. The Bertz CT molecular complexity index is 1220. The van der Waals surface area contributed by atoms with Gasteiger partial charge in [0, 0.05) is 23.2 Å². The fourth-order valence-corrected chi connectivity index (χ4v) is 3.27. The van der Waals surface area contributed by atoms with Crippen LogP contribution >= 0.6 is 0 Å². The third kappa shape index (κ3) is 2.54. The number of aromatic nitrogens is 8. The minimum Gasteiger partial charge on any atom is -0.242 e. The molecule has 0 atom stereocenters. The molecule has 8 nitrogen and oxygen atoms in total. The molecule has 4 heterocycles. The molecule has 0 saturated heterocycles. The van der Waals surface area contributed by atoms with Crippen LogP contribution in [-0.2, 0) is 0 Å². The first-order valence-corrected chi connectivity index (χ1v) is 8.71. The zero-order valence-electron chi connectivity index (χ0n) is 15.2. The van der Waals surface area contributed by atoms with Crippen LogP contribution in [0.15, 0.2) is 49.1 Å². The van der Waals surface area contributed by atoms with Gasteiger partial charge in [-0.1, -0.05) is 12.1 Å². The van der Waals surface area contributed by atoms with E-state index >= 15 is 0 Å². The molecule has 134 valence electrons. The van der Waals surface area contributed by atoms with Gasteiger partial charge < -0.3 is 0 Å². The first-order valence-electron chi connectivity index (χ1n) is 8.71. The molecule has 4 aromatic heterocycles. The lowest BCUT2D eigenvalue weighted by atomic mass is 9.98. The molecule has 0 unspecified atom stereocenters.